The predicted molar refractivity (Wildman–Crippen MR) is 42.6 cm³/mol. The van der Waals surface area contributed by atoms with Crippen molar-refractivity contribution < 1.29 is 17.9 Å². The van der Waals surface area contributed by atoms with E-state index >= 15 is 0 Å². The van der Waals surface area contributed by atoms with E-state index in [1.807, 2.05) is 0 Å². The van der Waals surface area contributed by atoms with Gasteiger partial charge in [0.15, 0.2) is 0 Å². The average Bonchev–Trinajstić information content (AvgIpc) is 1.78. The first kappa shape index (κ1) is 9.89. The summed E-state index contributed by atoms with van der Waals surface area (Å²) < 4.78 is 39.1. The van der Waals surface area contributed by atoms with Gasteiger partial charge in [-0.05, 0) is 37.1 Å². The second-order valence-corrected chi connectivity index (χ2v) is 2.87. The molecule has 0 N–H and O–H groups in total. The molecule has 0 saturated carbocycles. The number of hydrogen-bond donors (Lipinski definition) is 0. The highest BCUT2D eigenvalue weighted by Gasteiger charge is 2.31. The third-order valence-electron chi connectivity index (χ3n) is 1.43. The van der Waals surface area contributed by atoms with Gasteiger partial charge in [0.2, 0.25) is 0 Å². The van der Waals surface area contributed by atoms with Gasteiger partial charge in [-0.1, -0.05) is 6.07 Å². The van der Waals surface area contributed by atoms with Crippen molar-refractivity contribution in [1.29, 1.82) is 0 Å². The van der Waals surface area contributed by atoms with Gasteiger partial charge in [0.25, 0.3) is 0 Å². The molecule has 1 aromatic rings. The lowest BCUT2D eigenvalue weighted by molar-refractivity contribution is -0.274. The number of aryl methyl sites for hydroxylation is 2. The highest BCUT2D eigenvalue weighted by Crippen LogP contribution is 2.24. The smallest absolute Gasteiger partial charge is 0.406 e. The van der Waals surface area contributed by atoms with Crippen LogP contribution in [0.5, 0.6) is 5.75 Å². The molecule has 0 spiro atoms. The molecule has 0 unspecified atom stereocenters. The Kier molecular flexibility index (Phi) is 2.50. The quantitative estimate of drug-likeness (QED) is 0.660. The van der Waals surface area contributed by atoms with Crippen LogP contribution < -0.4 is 4.74 Å². The van der Waals surface area contributed by atoms with Crippen LogP contribution in [0, 0.1) is 13.8 Å². The summed E-state index contributed by atoms with van der Waals surface area (Å²) in [6, 6.07) is 4.48. The average molecular weight is 190 g/mol. The Labute approximate surface area is 74.1 Å². The van der Waals surface area contributed by atoms with Crippen molar-refractivity contribution in [2.24, 2.45) is 0 Å². The summed E-state index contributed by atoms with van der Waals surface area (Å²) in [4.78, 5) is 0. The zero-order valence-corrected chi connectivity index (χ0v) is 7.27. The minimum Gasteiger partial charge on any atom is -0.406 e. The molecule has 13 heavy (non-hydrogen) atoms. The van der Waals surface area contributed by atoms with Gasteiger partial charge < -0.3 is 4.74 Å². The molecule has 0 heterocycles. The molecule has 0 atom stereocenters. The molecule has 0 aliphatic heterocycles. The minimum absolute atomic E-state index is 0.162. The number of benzene rings is 1. The van der Waals surface area contributed by atoms with Crippen molar-refractivity contribution in [2.75, 3.05) is 0 Å². The number of ether oxygens (including phenoxy) is 1. The molecule has 0 aliphatic rings. The molecule has 72 valence electrons. The van der Waals surface area contributed by atoms with E-state index in [-0.39, 0.29) is 5.75 Å². The number of halogens is 3. The van der Waals surface area contributed by atoms with Gasteiger partial charge in [-0.25, -0.2) is 0 Å². The molecule has 4 heteroatoms. The fourth-order valence-electron chi connectivity index (χ4n) is 1.13. The van der Waals surface area contributed by atoms with Crippen LogP contribution >= 0.6 is 0 Å². The van der Waals surface area contributed by atoms with E-state index in [4.69, 9.17) is 0 Å². The lowest BCUT2D eigenvalue weighted by Crippen LogP contribution is -2.17. The van der Waals surface area contributed by atoms with Crippen LogP contribution in [0.2, 0.25) is 0 Å². The predicted octanol–water partition coefficient (Wildman–Crippen LogP) is 3.20. The zero-order chi connectivity index (χ0) is 10.1. The van der Waals surface area contributed by atoms with Gasteiger partial charge in [0.1, 0.15) is 5.75 Å². The van der Waals surface area contributed by atoms with Crippen LogP contribution in [0.25, 0.3) is 0 Å². The van der Waals surface area contributed by atoms with E-state index < -0.39 is 6.36 Å². The molecular weight excluding hydrogens is 181 g/mol. The molecule has 0 fully saturated rings. The van der Waals surface area contributed by atoms with E-state index in [0.29, 0.717) is 0 Å². The number of alkyl halides is 3. The molecule has 0 bridgehead atoms. The van der Waals surface area contributed by atoms with Crippen molar-refractivity contribution >= 4 is 0 Å². The summed E-state index contributed by atoms with van der Waals surface area (Å²) >= 11 is 0. The van der Waals surface area contributed by atoms with Gasteiger partial charge >= 0.3 is 6.36 Å². The highest BCUT2D eigenvalue weighted by atomic mass is 19.4. The van der Waals surface area contributed by atoms with Crippen LogP contribution in [-0.2, 0) is 0 Å². The molecule has 1 nitrogen and oxygen atoms in total. The molecule has 0 saturated heterocycles. The Morgan fingerprint density at radius 2 is 1.46 bits per heavy atom. The van der Waals surface area contributed by atoms with Crippen LogP contribution in [0.1, 0.15) is 11.1 Å². The summed E-state index contributed by atoms with van der Waals surface area (Å²) in [5, 5.41) is 0. The van der Waals surface area contributed by atoms with Crippen LogP contribution in [0.15, 0.2) is 18.2 Å². The van der Waals surface area contributed by atoms with E-state index in [2.05, 4.69) is 4.74 Å². The molecular formula is C9H9F3O. The fourth-order valence-corrected chi connectivity index (χ4v) is 1.13. The van der Waals surface area contributed by atoms with E-state index in [1.54, 1.807) is 19.9 Å². The van der Waals surface area contributed by atoms with Crippen molar-refractivity contribution in [3.05, 3.63) is 29.3 Å². The van der Waals surface area contributed by atoms with Gasteiger partial charge in [0, 0.05) is 0 Å². The monoisotopic (exact) mass is 190 g/mol. The van der Waals surface area contributed by atoms with Crippen molar-refractivity contribution in [1.82, 2.24) is 0 Å². The third kappa shape index (κ3) is 3.36. The topological polar surface area (TPSA) is 9.23 Å². The lowest BCUT2D eigenvalue weighted by atomic mass is 10.1. The van der Waals surface area contributed by atoms with Gasteiger partial charge in [-0.3, -0.25) is 0 Å². The maximum atomic E-state index is 11.8. The Morgan fingerprint density at radius 1 is 1.00 bits per heavy atom. The van der Waals surface area contributed by atoms with Crippen molar-refractivity contribution in [2.45, 2.75) is 20.2 Å². The first-order chi connectivity index (χ1) is 5.87. The van der Waals surface area contributed by atoms with E-state index in [1.165, 1.54) is 12.1 Å². The van der Waals surface area contributed by atoms with E-state index in [9.17, 15) is 13.2 Å². The van der Waals surface area contributed by atoms with Gasteiger partial charge in [-0.15, -0.1) is 13.2 Å². The SMILES string of the molecule is Cc1cc(C)cc(OC(F)(F)F)c1. The lowest BCUT2D eigenvalue weighted by Gasteiger charge is -2.09. The largest absolute Gasteiger partial charge is 0.573 e. The van der Waals surface area contributed by atoms with Crippen molar-refractivity contribution in [3.63, 3.8) is 0 Å². The molecule has 0 radical (unpaired) electrons. The minimum atomic E-state index is -4.61. The second kappa shape index (κ2) is 3.28. The van der Waals surface area contributed by atoms with Crippen molar-refractivity contribution in [3.8, 4) is 5.75 Å². The maximum absolute atomic E-state index is 11.8. The molecule has 1 aromatic carbocycles. The Morgan fingerprint density at radius 3 is 1.85 bits per heavy atom. The summed E-state index contributed by atoms with van der Waals surface area (Å²) in [5.41, 5.74) is 1.50. The Bertz CT molecular complexity index is 284. The maximum Gasteiger partial charge on any atom is 0.573 e. The summed E-state index contributed by atoms with van der Waals surface area (Å²) in [5.74, 6) is -0.162. The molecule has 0 amide bonds. The summed E-state index contributed by atoms with van der Waals surface area (Å²) in [7, 11) is 0. The van der Waals surface area contributed by atoms with Crippen LogP contribution in [0.3, 0.4) is 0 Å². The molecule has 1 rings (SSSR count). The normalized spacial score (nSPS) is 11.5. The first-order valence-electron chi connectivity index (χ1n) is 3.71. The van der Waals surface area contributed by atoms with Crippen LogP contribution in [0.4, 0.5) is 13.2 Å². The number of rotatable bonds is 1. The second-order valence-electron chi connectivity index (χ2n) is 2.87. The molecule has 0 aliphatic carbocycles. The Balaban J connectivity index is 2.90. The third-order valence-corrected chi connectivity index (χ3v) is 1.43. The number of hydrogen-bond acceptors (Lipinski definition) is 1. The zero-order valence-electron chi connectivity index (χ0n) is 7.27. The Hall–Kier alpha value is -1.19. The summed E-state index contributed by atoms with van der Waals surface area (Å²) in [6.45, 7) is 3.44. The van der Waals surface area contributed by atoms with Crippen LogP contribution in [-0.4, -0.2) is 6.36 Å². The fraction of sp³-hybridized carbons (Fsp3) is 0.333. The highest BCUT2D eigenvalue weighted by molar-refractivity contribution is 5.33. The first-order valence-corrected chi connectivity index (χ1v) is 3.71. The standard InChI is InChI=1S/C9H9F3O/c1-6-3-7(2)5-8(4-6)13-9(10,11)12/h3-5H,1-2H3. The summed E-state index contributed by atoms with van der Waals surface area (Å²) in [6.07, 6.45) is -4.61. The van der Waals surface area contributed by atoms with Gasteiger partial charge in [0.05, 0.1) is 0 Å². The van der Waals surface area contributed by atoms with E-state index in [0.717, 1.165) is 11.1 Å². The molecule has 0 aromatic heterocycles. The van der Waals surface area contributed by atoms with Gasteiger partial charge in [-0.2, -0.15) is 0 Å².